The molecule has 3 rings (SSSR count). The van der Waals surface area contributed by atoms with E-state index >= 15 is 0 Å². The van der Waals surface area contributed by atoms with Crippen LogP contribution < -0.4 is 10.1 Å². The fourth-order valence-electron chi connectivity index (χ4n) is 2.86. The number of hydrogen-bond donors (Lipinski definition) is 1. The topological polar surface area (TPSA) is 38.3 Å². The Kier molecular flexibility index (Phi) is 4.80. The fourth-order valence-corrected chi connectivity index (χ4v) is 2.86. The van der Waals surface area contributed by atoms with Crippen LogP contribution in [0, 0.1) is 5.92 Å². The van der Waals surface area contributed by atoms with Gasteiger partial charge in [-0.1, -0.05) is 43.3 Å². The monoisotopic (exact) mass is 319 g/mol. The van der Waals surface area contributed by atoms with E-state index in [9.17, 15) is 4.79 Å². The Hall–Kier alpha value is -2.81. The molecule has 0 spiro atoms. The van der Waals surface area contributed by atoms with Crippen molar-refractivity contribution in [1.29, 1.82) is 0 Å². The zero-order valence-electron chi connectivity index (χ0n) is 13.9. The van der Waals surface area contributed by atoms with E-state index in [2.05, 4.69) is 35.6 Å². The van der Waals surface area contributed by atoms with Crippen molar-refractivity contribution in [3.05, 3.63) is 72.3 Å². The molecule has 0 amide bonds. The Morgan fingerprint density at radius 2 is 1.67 bits per heavy atom. The van der Waals surface area contributed by atoms with Crippen LogP contribution in [0.5, 0.6) is 5.75 Å². The van der Waals surface area contributed by atoms with Gasteiger partial charge in [0, 0.05) is 11.6 Å². The average molecular weight is 319 g/mol. The summed E-state index contributed by atoms with van der Waals surface area (Å²) in [6.07, 6.45) is 0.996. The van der Waals surface area contributed by atoms with Crippen LogP contribution in [0.4, 0.5) is 5.69 Å². The summed E-state index contributed by atoms with van der Waals surface area (Å²) in [5, 5.41) is 5.85. The molecule has 3 aromatic carbocycles. The fraction of sp³-hybridized carbons (Fsp3) is 0.190. The first-order chi connectivity index (χ1) is 11.7. The molecule has 3 nitrogen and oxygen atoms in total. The largest absolute Gasteiger partial charge is 0.497 e. The second kappa shape index (κ2) is 7.18. The normalized spacial score (nSPS) is 13.2. The van der Waals surface area contributed by atoms with Gasteiger partial charge < -0.3 is 14.8 Å². The van der Waals surface area contributed by atoms with Gasteiger partial charge in [0.25, 0.3) is 0 Å². The zero-order chi connectivity index (χ0) is 16.9. The van der Waals surface area contributed by atoms with Gasteiger partial charge in [-0.05, 0) is 46.7 Å². The first-order valence-electron chi connectivity index (χ1n) is 8.06. The highest BCUT2D eigenvalue weighted by molar-refractivity contribution is 5.83. The number of benzene rings is 3. The average Bonchev–Trinajstić information content (AvgIpc) is 2.65. The molecule has 0 fully saturated rings. The Morgan fingerprint density at radius 1 is 0.958 bits per heavy atom. The molecule has 0 heterocycles. The predicted octanol–water partition coefficient (Wildman–Crippen LogP) is 4.84. The number of nitrogens with one attached hydrogen (secondary N) is 1. The number of ether oxygens (including phenoxy) is 1. The lowest BCUT2D eigenvalue weighted by Crippen LogP contribution is -2.19. The minimum atomic E-state index is -0.145. The molecule has 122 valence electrons. The maximum Gasteiger partial charge on any atom is 0.125 e. The van der Waals surface area contributed by atoms with E-state index < -0.39 is 0 Å². The van der Waals surface area contributed by atoms with Gasteiger partial charge in [0.2, 0.25) is 0 Å². The quantitative estimate of drug-likeness (QED) is 0.661. The lowest BCUT2D eigenvalue weighted by atomic mass is 9.93. The summed E-state index contributed by atoms with van der Waals surface area (Å²) >= 11 is 0. The molecule has 1 N–H and O–H groups in total. The first-order valence-corrected chi connectivity index (χ1v) is 8.06. The number of methoxy groups -OCH3 is 1. The van der Waals surface area contributed by atoms with E-state index in [1.165, 1.54) is 10.8 Å². The van der Waals surface area contributed by atoms with Gasteiger partial charge >= 0.3 is 0 Å². The van der Waals surface area contributed by atoms with Crippen LogP contribution in [-0.2, 0) is 4.79 Å². The Labute approximate surface area is 142 Å². The molecular formula is C21H21NO2. The molecule has 0 saturated heterocycles. The molecule has 3 aromatic rings. The molecule has 0 unspecified atom stereocenters. The summed E-state index contributed by atoms with van der Waals surface area (Å²) in [4.78, 5) is 11.4. The molecule has 0 bridgehead atoms. The summed E-state index contributed by atoms with van der Waals surface area (Å²) in [6.45, 7) is 1.93. The standard InChI is InChI=1S/C21H21NO2/c1-15(14-23)21(22-19-9-11-20(24-2)12-10-19)18-8-7-16-5-3-4-6-17(16)13-18/h3-15,21-22H,1-2H3/t15-,21+/m1/s1. The molecule has 24 heavy (non-hydrogen) atoms. The molecule has 0 aliphatic carbocycles. The minimum Gasteiger partial charge on any atom is -0.497 e. The molecule has 0 radical (unpaired) electrons. The van der Waals surface area contributed by atoms with E-state index in [4.69, 9.17) is 4.74 Å². The summed E-state index contributed by atoms with van der Waals surface area (Å²) in [7, 11) is 1.65. The first kappa shape index (κ1) is 16.1. The predicted molar refractivity (Wildman–Crippen MR) is 98.5 cm³/mol. The third-order valence-corrected chi connectivity index (χ3v) is 4.29. The van der Waals surface area contributed by atoms with E-state index in [1.807, 2.05) is 43.3 Å². The Bertz CT molecular complexity index is 827. The second-order valence-corrected chi connectivity index (χ2v) is 5.95. The zero-order valence-corrected chi connectivity index (χ0v) is 13.9. The molecule has 0 saturated carbocycles. The second-order valence-electron chi connectivity index (χ2n) is 5.95. The number of hydrogen-bond acceptors (Lipinski definition) is 3. The summed E-state index contributed by atoms with van der Waals surface area (Å²) in [5.74, 6) is 0.666. The van der Waals surface area contributed by atoms with Crippen LogP contribution >= 0.6 is 0 Å². The van der Waals surface area contributed by atoms with Crippen molar-refractivity contribution >= 4 is 22.7 Å². The van der Waals surface area contributed by atoms with Crippen molar-refractivity contribution in [3.8, 4) is 5.75 Å². The molecule has 0 aliphatic rings. The molecule has 3 heteroatoms. The number of aldehydes is 1. The van der Waals surface area contributed by atoms with Crippen molar-refractivity contribution in [2.45, 2.75) is 13.0 Å². The van der Waals surface area contributed by atoms with Crippen LogP contribution in [0.1, 0.15) is 18.5 Å². The van der Waals surface area contributed by atoms with Crippen LogP contribution in [-0.4, -0.2) is 13.4 Å². The molecular weight excluding hydrogens is 298 g/mol. The summed E-state index contributed by atoms with van der Waals surface area (Å²) < 4.78 is 5.19. The SMILES string of the molecule is COc1ccc(N[C@H](c2ccc3ccccc3c2)[C@H](C)C=O)cc1. The Morgan fingerprint density at radius 3 is 2.33 bits per heavy atom. The third-order valence-electron chi connectivity index (χ3n) is 4.29. The molecule has 0 aliphatic heterocycles. The van der Waals surface area contributed by atoms with Crippen molar-refractivity contribution in [2.75, 3.05) is 12.4 Å². The number of carbonyl (C=O) groups is 1. The van der Waals surface area contributed by atoms with Crippen molar-refractivity contribution in [1.82, 2.24) is 0 Å². The van der Waals surface area contributed by atoms with Gasteiger partial charge in [-0.25, -0.2) is 0 Å². The maximum absolute atomic E-state index is 11.4. The van der Waals surface area contributed by atoms with Crippen LogP contribution in [0.25, 0.3) is 10.8 Å². The Balaban J connectivity index is 1.93. The van der Waals surface area contributed by atoms with E-state index in [0.29, 0.717) is 0 Å². The number of rotatable bonds is 6. The molecule has 2 atom stereocenters. The van der Waals surface area contributed by atoms with Crippen LogP contribution in [0.3, 0.4) is 0 Å². The summed E-state index contributed by atoms with van der Waals surface area (Å²) in [5.41, 5.74) is 2.06. The van der Waals surface area contributed by atoms with Gasteiger partial charge in [-0.15, -0.1) is 0 Å². The van der Waals surface area contributed by atoms with Crippen molar-refractivity contribution in [2.24, 2.45) is 5.92 Å². The lowest BCUT2D eigenvalue weighted by Gasteiger charge is -2.24. The van der Waals surface area contributed by atoms with Crippen LogP contribution in [0.15, 0.2) is 66.7 Å². The van der Waals surface area contributed by atoms with Gasteiger partial charge in [-0.3, -0.25) is 0 Å². The highest BCUT2D eigenvalue weighted by atomic mass is 16.5. The summed E-state index contributed by atoms with van der Waals surface area (Å²) in [6, 6.07) is 22.2. The lowest BCUT2D eigenvalue weighted by molar-refractivity contribution is -0.111. The third kappa shape index (κ3) is 3.40. The van der Waals surface area contributed by atoms with Gasteiger partial charge in [0.05, 0.1) is 13.2 Å². The smallest absolute Gasteiger partial charge is 0.125 e. The number of carbonyl (C=O) groups excluding carboxylic acids is 1. The van der Waals surface area contributed by atoms with Gasteiger partial charge in [-0.2, -0.15) is 0 Å². The van der Waals surface area contributed by atoms with E-state index in [1.54, 1.807) is 7.11 Å². The highest BCUT2D eigenvalue weighted by Gasteiger charge is 2.19. The minimum absolute atomic E-state index is 0.0829. The van der Waals surface area contributed by atoms with Gasteiger partial charge in [0.15, 0.2) is 0 Å². The van der Waals surface area contributed by atoms with E-state index in [0.717, 1.165) is 23.3 Å². The maximum atomic E-state index is 11.4. The van der Waals surface area contributed by atoms with Gasteiger partial charge in [0.1, 0.15) is 12.0 Å². The van der Waals surface area contributed by atoms with Crippen LogP contribution in [0.2, 0.25) is 0 Å². The highest BCUT2D eigenvalue weighted by Crippen LogP contribution is 2.29. The number of fused-ring (bicyclic) bond motifs is 1. The molecule has 0 aromatic heterocycles. The number of anilines is 1. The van der Waals surface area contributed by atoms with Crippen molar-refractivity contribution < 1.29 is 9.53 Å². The van der Waals surface area contributed by atoms with Crippen molar-refractivity contribution in [3.63, 3.8) is 0 Å². The van der Waals surface area contributed by atoms with E-state index in [-0.39, 0.29) is 12.0 Å².